The molecule has 1 aliphatic rings. The van der Waals surface area contributed by atoms with Crippen LogP contribution in [-0.2, 0) is 9.53 Å². The molecule has 0 aromatic rings. The van der Waals surface area contributed by atoms with Crippen molar-refractivity contribution in [3.05, 3.63) is 0 Å². The van der Waals surface area contributed by atoms with Crippen molar-refractivity contribution in [1.29, 1.82) is 0 Å². The van der Waals surface area contributed by atoms with Crippen LogP contribution in [0.4, 0.5) is 0 Å². The van der Waals surface area contributed by atoms with E-state index < -0.39 is 17.7 Å². The van der Waals surface area contributed by atoms with E-state index in [4.69, 9.17) is 4.74 Å². The molecule has 3 nitrogen and oxygen atoms in total. The van der Waals surface area contributed by atoms with Crippen molar-refractivity contribution >= 4 is 5.97 Å². The fourth-order valence-corrected chi connectivity index (χ4v) is 0.801. The zero-order valence-electron chi connectivity index (χ0n) is 6.51. The van der Waals surface area contributed by atoms with Crippen molar-refractivity contribution < 1.29 is 44.2 Å². The van der Waals surface area contributed by atoms with E-state index in [0.29, 0.717) is 0 Å². The van der Waals surface area contributed by atoms with Crippen LogP contribution in [0, 0.1) is 0 Å². The van der Waals surface area contributed by atoms with Crippen molar-refractivity contribution in [3.63, 3.8) is 0 Å². The molecule has 1 fully saturated rings. The molecule has 1 saturated heterocycles. The Bertz CT molecular complexity index is 148. The van der Waals surface area contributed by atoms with Gasteiger partial charge in [-0.25, -0.2) is 0 Å². The van der Waals surface area contributed by atoms with Gasteiger partial charge in [0.15, 0.2) is 0 Å². The maximum atomic E-state index is 10.1. The van der Waals surface area contributed by atoms with Crippen molar-refractivity contribution in [2.24, 2.45) is 0 Å². The second kappa shape index (κ2) is 3.22. The number of carboxylic acids is 1. The summed E-state index contributed by atoms with van der Waals surface area (Å²) < 4.78 is 4.85. The van der Waals surface area contributed by atoms with Crippen molar-refractivity contribution in [2.75, 3.05) is 0 Å². The van der Waals surface area contributed by atoms with E-state index in [1.54, 1.807) is 6.92 Å². The van der Waals surface area contributed by atoms with Gasteiger partial charge in [0.1, 0.15) is 6.10 Å². The van der Waals surface area contributed by atoms with E-state index >= 15 is 0 Å². The van der Waals surface area contributed by atoms with Gasteiger partial charge in [-0.15, -0.1) is 0 Å². The Labute approximate surface area is 82.0 Å². The Kier molecular flexibility index (Phi) is 3.36. The average molecular weight is 152 g/mol. The van der Waals surface area contributed by atoms with Gasteiger partial charge >= 0.3 is 29.6 Å². The standard InChI is InChI=1S/C6H10O3.Na/c1-3-6(2)4(9-6)5(7)8;/h4H,3H2,1-2H3,(H,7,8);/q;+1/p-1. The fourth-order valence-electron chi connectivity index (χ4n) is 0.801. The first-order valence-electron chi connectivity index (χ1n) is 2.99. The monoisotopic (exact) mass is 152 g/mol. The summed E-state index contributed by atoms with van der Waals surface area (Å²) in [6.45, 7) is 3.66. The molecule has 1 aliphatic heterocycles. The summed E-state index contributed by atoms with van der Waals surface area (Å²) in [7, 11) is 0. The van der Waals surface area contributed by atoms with E-state index in [1.165, 1.54) is 0 Å². The average Bonchev–Trinajstić information content (AvgIpc) is 2.44. The second-order valence-corrected chi connectivity index (χ2v) is 2.48. The van der Waals surface area contributed by atoms with Crippen LogP contribution in [0.2, 0.25) is 0 Å². The van der Waals surface area contributed by atoms with Gasteiger partial charge in [-0.1, -0.05) is 6.92 Å². The second-order valence-electron chi connectivity index (χ2n) is 2.48. The summed E-state index contributed by atoms with van der Waals surface area (Å²) >= 11 is 0. The minimum absolute atomic E-state index is 0. The van der Waals surface area contributed by atoms with Crippen LogP contribution in [0.5, 0.6) is 0 Å². The number of ether oxygens (including phenoxy) is 1. The molecule has 0 N–H and O–H groups in total. The van der Waals surface area contributed by atoms with Crippen LogP contribution in [0.3, 0.4) is 0 Å². The zero-order chi connectivity index (χ0) is 7.07. The number of carboxylic acid groups (broad SMARTS) is 1. The van der Waals surface area contributed by atoms with Crippen LogP contribution in [0.15, 0.2) is 0 Å². The first-order chi connectivity index (χ1) is 4.10. The van der Waals surface area contributed by atoms with Crippen LogP contribution in [0.1, 0.15) is 20.3 Å². The first-order valence-corrected chi connectivity index (χ1v) is 2.99. The Balaban J connectivity index is 0.000000810. The Morgan fingerprint density at radius 2 is 2.30 bits per heavy atom. The number of epoxide rings is 1. The molecule has 1 heterocycles. The van der Waals surface area contributed by atoms with Crippen LogP contribution in [-0.4, -0.2) is 17.7 Å². The van der Waals surface area contributed by atoms with Gasteiger partial charge < -0.3 is 14.6 Å². The molecule has 0 aliphatic carbocycles. The summed E-state index contributed by atoms with van der Waals surface area (Å²) in [4.78, 5) is 10.1. The van der Waals surface area contributed by atoms with E-state index in [2.05, 4.69) is 0 Å². The van der Waals surface area contributed by atoms with Crippen LogP contribution < -0.4 is 34.7 Å². The molecule has 52 valence electrons. The molecule has 0 amide bonds. The van der Waals surface area contributed by atoms with Crippen LogP contribution in [0.25, 0.3) is 0 Å². The van der Waals surface area contributed by atoms with Crippen molar-refractivity contribution in [3.8, 4) is 0 Å². The minimum Gasteiger partial charge on any atom is -0.547 e. The smallest absolute Gasteiger partial charge is 0.547 e. The topological polar surface area (TPSA) is 52.7 Å². The van der Waals surface area contributed by atoms with Crippen molar-refractivity contribution in [1.82, 2.24) is 0 Å². The summed E-state index contributed by atoms with van der Waals surface area (Å²) in [6.07, 6.45) is 0.0635. The fraction of sp³-hybridized carbons (Fsp3) is 0.833. The molecule has 2 atom stereocenters. The third-order valence-corrected chi connectivity index (χ3v) is 1.80. The number of rotatable bonds is 2. The molecule has 0 spiro atoms. The molecule has 0 aromatic carbocycles. The molecule has 1 rings (SSSR count). The number of hydrogen-bond donors (Lipinski definition) is 0. The normalized spacial score (nSPS) is 36.4. The van der Waals surface area contributed by atoms with Crippen LogP contribution >= 0.6 is 0 Å². The molecule has 4 heteroatoms. The maximum Gasteiger partial charge on any atom is 1.00 e. The molecule has 0 aromatic heterocycles. The first kappa shape index (κ1) is 10.4. The Morgan fingerprint density at radius 1 is 1.80 bits per heavy atom. The largest absolute Gasteiger partial charge is 1.00 e. The molecule has 0 radical (unpaired) electrons. The molecule has 0 saturated carbocycles. The third kappa shape index (κ3) is 1.72. The van der Waals surface area contributed by atoms with Crippen molar-refractivity contribution in [2.45, 2.75) is 32.0 Å². The summed E-state index contributed by atoms with van der Waals surface area (Å²) in [5, 5.41) is 10.1. The van der Waals surface area contributed by atoms with E-state index in [9.17, 15) is 9.90 Å². The minimum atomic E-state index is -1.10. The van der Waals surface area contributed by atoms with Gasteiger partial charge in [0.25, 0.3) is 0 Å². The number of carbonyl (C=O) groups is 1. The predicted octanol–water partition coefficient (Wildman–Crippen LogP) is -3.69. The molecular formula is C6H9NaO3. The predicted molar refractivity (Wildman–Crippen MR) is 28.6 cm³/mol. The zero-order valence-corrected chi connectivity index (χ0v) is 8.51. The number of carbonyl (C=O) groups excluding carboxylic acids is 1. The van der Waals surface area contributed by atoms with Gasteiger partial charge in [0, 0.05) is 0 Å². The van der Waals surface area contributed by atoms with E-state index in [0.717, 1.165) is 6.42 Å². The number of aliphatic carboxylic acids is 1. The van der Waals surface area contributed by atoms with Gasteiger partial charge in [-0.2, -0.15) is 0 Å². The van der Waals surface area contributed by atoms with Gasteiger partial charge in [0.2, 0.25) is 0 Å². The third-order valence-electron chi connectivity index (χ3n) is 1.80. The summed E-state index contributed by atoms with van der Waals surface area (Å²) in [6, 6.07) is 0. The van der Waals surface area contributed by atoms with Gasteiger partial charge in [-0.05, 0) is 13.3 Å². The molecule has 10 heavy (non-hydrogen) atoms. The maximum absolute atomic E-state index is 10.1. The SMILES string of the molecule is CCC1(C)OC1C(=O)[O-].[Na+]. The summed E-state index contributed by atoms with van der Waals surface area (Å²) in [5.41, 5.74) is -0.432. The van der Waals surface area contributed by atoms with E-state index in [-0.39, 0.29) is 29.6 Å². The molecule has 0 bridgehead atoms. The molecular weight excluding hydrogens is 143 g/mol. The van der Waals surface area contributed by atoms with Gasteiger partial charge in [0.05, 0.1) is 11.6 Å². The Hall–Kier alpha value is 0.430. The van der Waals surface area contributed by atoms with Gasteiger partial charge in [-0.3, -0.25) is 0 Å². The molecule has 2 unspecified atom stereocenters. The summed E-state index contributed by atoms with van der Waals surface area (Å²) in [5.74, 6) is -1.10. The Morgan fingerprint density at radius 3 is 2.40 bits per heavy atom. The number of hydrogen-bond acceptors (Lipinski definition) is 3. The van der Waals surface area contributed by atoms with E-state index in [1.807, 2.05) is 6.92 Å². The quantitative estimate of drug-likeness (QED) is 0.302.